The number of carbonyl (C=O) groups excluding carboxylic acids is 1. The van der Waals surface area contributed by atoms with Gasteiger partial charge < -0.3 is 10.6 Å². The average molecular weight is 233 g/mol. The topological polar surface area (TPSA) is 54.0 Å². The highest BCUT2D eigenvalue weighted by atomic mass is 16.1. The van der Waals surface area contributed by atoms with Gasteiger partial charge in [-0.2, -0.15) is 0 Å². The van der Waals surface area contributed by atoms with Gasteiger partial charge in [-0.15, -0.1) is 0 Å². The van der Waals surface area contributed by atoms with Crippen molar-refractivity contribution in [2.45, 2.75) is 39.7 Å². The number of rotatable bonds is 1. The summed E-state index contributed by atoms with van der Waals surface area (Å²) in [4.78, 5) is 16.0. The first-order valence-corrected chi connectivity index (χ1v) is 5.95. The van der Waals surface area contributed by atoms with Crippen molar-refractivity contribution in [2.24, 2.45) is 5.41 Å². The number of hydrogen-bond acceptors (Lipinski definition) is 3. The summed E-state index contributed by atoms with van der Waals surface area (Å²) in [5.41, 5.74) is 0.964. The van der Waals surface area contributed by atoms with Crippen molar-refractivity contribution in [3.8, 4) is 0 Å². The van der Waals surface area contributed by atoms with Gasteiger partial charge in [0.1, 0.15) is 5.82 Å². The third kappa shape index (κ3) is 3.19. The van der Waals surface area contributed by atoms with Gasteiger partial charge in [-0.3, -0.25) is 4.79 Å². The van der Waals surface area contributed by atoms with Crippen molar-refractivity contribution in [3.05, 3.63) is 18.3 Å². The van der Waals surface area contributed by atoms with Crippen LogP contribution in [-0.4, -0.2) is 16.9 Å². The van der Waals surface area contributed by atoms with Crippen LogP contribution in [-0.2, 0) is 4.79 Å². The van der Waals surface area contributed by atoms with Gasteiger partial charge >= 0.3 is 0 Å². The van der Waals surface area contributed by atoms with Crippen LogP contribution in [0.1, 0.15) is 33.6 Å². The highest BCUT2D eigenvalue weighted by molar-refractivity contribution is 5.95. The smallest absolute Gasteiger partial charge is 0.226 e. The highest BCUT2D eigenvalue weighted by Gasteiger charge is 2.25. The monoisotopic (exact) mass is 233 g/mol. The Balaban J connectivity index is 2.20. The summed E-state index contributed by atoms with van der Waals surface area (Å²) in [6, 6.07) is 3.84. The number of amides is 1. The molecule has 0 spiro atoms. The summed E-state index contributed by atoms with van der Waals surface area (Å²) in [7, 11) is 0. The van der Waals surface area contributed by atoms with Crippen LogP contribution in [0.25, 0.3) is 0 Å². The molecule has 1 amide bonds. The molecule has 0 aromatic carbocycles. The lowest BCUT2D eigenvalue weighted by Crippen LogP contribution is -2.28. The standard InChI is InChI=1S/C13H19N3O/c1-13(2,3)8-9-7-11(17)16-10-5-4-6-14-12(10)15-9/h4-6,9H,7-8H2,1-3H3,(H,14,15)(H,16,17). The molecule has 2 rings (SSSR count). The predicted octanol–water partition coefficient (Wildman–Crippen LogP) is 2.64. The van der Waals surface area contributed by atoms with Gasteiger partial charge in [0.2, 0.25) is 5.91 Å². The molecular weight excluding hydrogens is 214 g/mol. The average Bonchev–Trinajstić information content (AvgIpc) is 2.32. The van der Waals surface area contributed by atoms with Crippen LogP contribution in [0.4, 0.5) is 11.5 Å². The van der Waals surface area contributed by atoms with Crippen LogP contribution in [0.15, 0.2) is 18.3 Å². The van der Waals surface area contributed by atoms with Crippen LogP contribution in [0, 0.1) is 5.41 Å². The zero-order chi connectivity index (χ0) is 12.5. The molecule has 17 heavy (non-hydrogen) atoms. The lowest BCUT2D eigenvalue weighted by molar-refractivity contribution is -0.116. The number of nitrogens with zero attached hydrogens (tertiary/aromatic N) is 1. The van der Waals surface area contributed by atoms with Crippen molar-refractivity contribution in [1.29, 1.82) is 0 Å². The summed E-state index contributed by atoms with van der Waals surface area (Å²) >= 11 is 0. The lowest BCUT2D eigenvalue weighted by atomic mass is 9.87. The van der Waals surface area contributed by atoms with Gasteiger partial charge in [0, 0.05) is 18.7 Å². The highest BCUT2D eigenvalue weighted by Crippen LogP contribution is 2.29. The zero-order valence-electron chi connectivity index (χ0n) is 10.6. The molecule has 1 aromatic heterocycles. The van der Waals surface area contributed by atoms with Gasteiger partial charge in [0.15, 0.2) is 0 Å². The van der Waals surface area contributed by atoms with Crippen molar-refractivity contribution in [1.82, 2.24) is 4.98 Å². The second-order valence-electron chi connectivity index (χ2n) is 5.76. The second-order valence-corrected chi connectivity index (χ2v) is 5.76. The van der Waals surface area contributed by atoms with E-state index in [0.717, 1.165) is 17.9 Å². The quantitative estimate of drug-likeness (QED) is 0.784. The van der Waals surface area contributed by atoms with Crippen molar-refractivity contribution in [3.63, 3.8) is 0 Å². The maximum atomic E-state index is 11.8. The SMILES string of the molecule is CC(C)(C)CC1CC(=O)Nc2cccnc2N1. The first-order valence-electron chi connectivity index (χ1n) is 5.95. The van der Waals surface area contributed by atoms with Crippen LogP contribution >= 0.6 is 0 Å². The minimum absolute atomic E-state index is 0.0542. The fraction of sp³-hybridized carbons (Fsp3) is 0.538. The molecule has 0 saturated heterocycles. The molecule has 4 nitrogen and oxygen atoms in total. The minimum atomic E-state index is 0.0542. The van der Waals surface area contributed by atoms with E-state index in [4.69, 9.17) is 0 Å². The van der Waals surface area contributed by atoms with Crippen LogP contribution in [0.2, 0.25) is 0 Å². The number of anilines is 2. The zero-order valence-corrected chi connectivity index (χ0v) is 10.6. The van der Waals surface area contributed by atoms with E-state index in [1.807, 2.05) is 12.1 Å². The molecule has 0 radical (unpaired) electrons. The van der Waals surface area contributed by atoms with Crippen LogP contribution in [0.5, 0.6) is 0 Å². The van der Waals surface area contributed by atoms with Crippen LogP contribution < -0.4 is 10.6 Å². The van der Waals surface area contributed by atoms with Gasteiger partial charge in [-0.05, 0) is 24.0 Å². The van der Waals surface area contributed by atoms with Crippen molar-refractivity contribution >= 4 is 17.4 Å². The Hall–Kier alpha value is -1.58. The molecule has 1 aliphatic rings. The van der Waals surface area contributed by atoms with Crippen LogP contribution in [0.3, 0.4) is 0 Å². The molecule has 1 atom stereocenters. The Kier molecular flexibility index (Phi) is 3.05. The molecule has 4 heteroatoms. The third-order valence-corrected chi connectivity index (χ3v) is 2.71. The molecule has 1 aliphatic heterocycles. The second kappa shape index (κ2) is 4.35. The largest absolute Gasteiger partial charge is 0.365 e. The third-order valence-electron chi connectivity index (χ3n) is 2.71. The molecule has 1 unspecified atom stereocenters. The van der Waals surface area contributed by atoms with E-state index in [9.17, 15) is 4.79 Å². The molecule has 0 fully saturated rings. The summed E-state index contributed by atoms with van der Waals surface area (Å²) < 4.78 is 0. The number of nitrogens with one attached hydrogen (secondary N) is 2. The molecule has 92 valence electrons. The Bertz CT molecular complexity index is 423. The summed E-state index contributed by atoms with van der Waals surface area (Å²) in [5, 5.41) is 6.23. The normalized spacial score (nSPS) is 19.9. The minimum Gasteiger partial charge on any atom is -0.365 e. The number of fused-ring (bicyclic) bond motifs is 1. The number of aromatic nitrogens is 1. The molecule has 0 bridgehead atoms. The van der Waals surface area contributed by atoms with E-state index in [2.05, 4.69) is 36.4 Å². The maximum Gasteiger partial charge on any atom is 0.226 e. The molecule has 0 saturated carbocycles. The predicted molar refractivity (Wildman–Crippen MR) is 69.0 cm³/mol. The summed E-state index contributed by atoms with van der Waals surface area (Å²) in [6.45, 7) is 6.53. The van der Waals surface area contributed by atoms with Gasteiger partial charge in [-0.25, -0.2) is 4.98 Å². The van der Waals surface area contributed by atoms with E-state index >= 15 is 0 Å². The van der Waals surface area contributed by atoms with E-state index < -0.39 is 0 Å². The van der Waals surface area contributed by atoms with Crippen molar-refractivity contribution in [2.75, 3.05) is 10.6 Å². The Labute approximate surface area is 102 Å². The lowest BCUT2D eigenvalue weighted by Gasteiger charge is -2.25. The fourth-order valence-corrected chi connectivity index (χ4v) is 2.15. The molecule has 2 N–H and O–H groups in total. The molecule has 2 heterocycles. The number of carbonyl (C=O) groups is 1. The summed E-state index contributed by atoms with van der Waals surface area (Å²) in [5.74, 6) is 0.825. The van der Waals surface area contributed by atoms with E-state index in [1.165, 1.54) is 0 Å². The Morgan fingerprint density at radius 1 is 1.47 bits per heavy atom. The van der Waals surface area contributed by atoms with E-state index in [-0.39, 0.29) is 17.4 Å². The summed E-state index contributed by atoms with van der Waals surface area (Å²) in [6.07, 6.45) is 3.17. The maximum absolute atomic E-state index is 11.8. The Morgan fingerprint density at radius 3 is 2.94 bits per heavy atom. The molecular formula is C13H19N3O. The van der Waals surface area contributed by atoms with E-state index in [0.29, 0.717) is 6.42 Å². The first kappa shape index (κ1) is 11.9. The molecule has 0 aliphatic carbocycles. The number of hydrogen-bond donors (Lipinski definition) is 2. The van der Waals surface area contributed by atoms with Gasteiger partial charge in [-0.1, -0.05) is 20.8 Å². The van der Waals surface area contributed by atoms with Crippen molar-refractivity contribution < 1.29 is 4.79 Å². The van der Waals surface area contributed by atoms with Gasteiger partial charge in [0.05, 0.1) is 5.69 Å². The Morgan fingerprint density at radius 2 is 2.24 bits per heavy atom. The first-order chi connectivity index (χ1) is 7.94. The molecule has 1 aromatic rings. The van der Waals surface area contributed by atoms with Gasteiger partial charge in [0.25, 0.3) is 0 Å². The number of pyridine rings is 1. The van der Waals surface area contributed by atoms with E-state index in [1.54, 1.807) is 6.20 Å². The fourth-order valence-electron chi connectivity index (χ4n) is 2.15.